The van der Waals surface area contributed by atoms with E-state index in [-0.39, 0.29) is 22.0 Å². The van der Waals surface area contributed by atoms with Crippen molar-refractivity contribution in [3.8, 4) is 22.4 Å². The predicted octanol–water partition coefficient (Wildman–Crippen LogP) is 9.57. The van der Waals surface area contributed by atoms with Crippen LogP contribution in [0.4, 0.5) is 0 Å². The second-order valence-electron chi connectivity index (χ2n) is 13.1. The lowest BCUT2D eigenvalue weighted by Crippen LogP contribution is -2.34. The number of aryl methyl sites for hydroxylation is 4. The first-order valence-corrected chi connectivity index (χ1v) is 14.3. The largest absolute Gasteiger partial charge is 0.437 e. The number of fused-ring (bicyclic) bond motifs is 6. The average molecular weight is 546 g/mol. The molecule has 3 heteroatoms. The van der Waals surface area contributed by atoms with Gasteiger partial charge in [-0.15, -0.1) is 0 Å². The molecule has 6 aromatic rings. The third-order valence-corrected chi connectivity index (χ3v) is 9.31. The molecule has 7 rings (SSSR count). The minimum atomic E-state index is -2.39. The number of pyridine rings is 2. The maximum absolute atomic E-state index is 8.32. The quantitative estimate of drug-likeness (QED) is 0.203. The van der Waals surface area contributed by atoms with Gasteiger partial charge in [-0.3, -0.25) is 0 Å². The van der Waals surface area contributed by atoms with Gasteiger partial charge in [0.25, 0.3) is 0 Å². The Kier molecular flexibility index (Phi) is 4.27. The first-order valence-electron chi connectivity index (χ1n) is 17.3. The number of furan rings is 1. The van der Waals surface area contributed by atoms with E-state index in [2.05, 4.69) is 58.0 Å². The fourth-order valence-electron chi connectivity index (χ4n) is 6.83. The standard InChI is InChI=1S/C38H39N2O/c1-22-9-12-25(13-10-22)28-20-31(40(8)21-24(28)3)32-23(2)11-15-27-29-19-26-14-16-30-33(34(26)39-36(29)41-35(27)32)38(6,7)18-17-37(30,4)5/h9-16,19-21H,17-18H2,1-8H3/q+1/i1D3,3D3. The van der Waals surface area contributed by atoms with Crippen molar-refractivity contribution in [2.75, 3.05) is 0 Å². The first kappa shape index (κ1) is 20.0. The number of rotatable bonds is 2. The highest BCUT2D eigenvalue weighted by Crippen LogP contribution is 2.49. The zero-order valence-electron chi connectivity index (χ0n) is 30.6. The molecule has 3 heterocycles. The van der Waals surface area contributed by atoms with E-state index in [0.29, 0.717) is 22.4 Å². The summed E-state index contributed by atoms with van der Waals surface area (Å²) >= 11 is 0. The Morgan fingerprint density at radius 2 is 1.63 bits per heavy atom. The predicted molar refractivity (Wildman–Crippen MR) is 171 cm³/mol. The van der Waals surface area contributed by atoms with Crippen molar-refractivity contribution in [2.45, 2.75) is 72.0 Å². The fraction of sp³-hybridized carbons (Fsp3) is 0.316. The molecular weight excluding hydrogens is 500 g/mol. The van der Waals surface area contributed by atoms with E-state index in [0.717, 1.165) is 51.3 Å². The van der Waals surface area contributed by atoms with E-state index < -0.39 is 13.7 Å². The van der Waals surface area contributed by atoms with Crippen molar-refractivity contribution < 1.29 is 17.2 Å². The number of hydrogen-bond acceptors (Lipinski definition) is 2. The Morgan fingerprint density at radius 1 is 0.854 bits per heavy atom. The third-order valence-electron chi connectivity index (χ3n) is 9.31. The molecule has 3 aromatic heterocycles. The first-order chi connectivity index (χ1) is 21.9. The number of hydrogen-bond donors (Lipinski definition) is 0. The molecule has 0 aliphatic heterocycles. The minimum absolute atomic E-state index is 0.0187. The van der Waals surface area contributed by atoms with E-state index in [4.69, 9.17) is 17.6 Å². The molecule has 0 saturated carbocycles. The smallest absolute Gasteiger partial charge is 0.227 e. The SMILES string of the molecule is [2H]C([2H])([2H])c1ccc(-c2cc(-c3c(C)ccc4c3oc3nc5c6c(ccc5cc34)C(C)(C)CCC6(C)C)[n+](C)cc2C([2H])([2H])[2H])cc1. The Hall–Kier alpha value is -3.98. The highest BCUT2D eigenvalue weighted by molar-refractivity contribution is 6.11. The highest BCUT2D eigenvalue weighted by atomic mass is 16.3. The summed E-state index contributed by atoms with van der Waals surface area (Å²) in [6.45, 7) is 6.63. The summed E-state index contributed by atoms with van der Waals surface area (Å²) in [5.41, 5.74) is 9.09. The summed E-state index contributed by atoms with van der Waals surface area (Å²) in [6, 6.07) is 19.1. The van der Waals surface area contributed by atoms with E-state index in [1.165, 1.54) is 11.1 Å². The van der Waals surface area contributed by atoms with Gasteiger partial charge in [-0.2, -0.15) is 0 Å². The second kappa shape index (κ2) is 8.76. The molecule has 206 valence electrons. The molecule has 3 aromatic carbocycles. The molecule has 0 atom stereocenters. The zero-order valence-corrected chi connectivity index (χ0v) is 24.6. The summed E-state index contributed by atoms with van der Waals surface area (Å²) in [6.07, 6.45) is 3.86. The topological polar surface area (TPSA) is 29.9 Å². The summed E-state index contributed by atoms with van der Waals surface area (Å²) in [7, 11) is 1.84. The van der Waals surface area contributed by atoms with Crippen LogP contribution in [0.5, 0.6) is 0 Å². The highest BCUT2D eigenvalue weighted by Gasteiger charge is 2.39. The van der Waals surface area contributed by atoms with Gasteiger partial charge < -0.3 is 4.42 Å². The monoisotopic (exact) mass is 545 g/mol. The van der Waals surface area contributed by atoms with Crippen LogP contribution < -0.4 is 4.57 Å². The Morgan fingerprint density at radius 3 is 2.39 bits per heavy atom. The van der Waals surface area contributed by atoms with E-state index in [9.17, 15) is 0 Å². The van der Waals surface area contributed by atoms with Crippen LogP contribution in [-0.2, 0) is 17.9 Å². The van der Waals surface area contributed by atoms with Crippen molar-refractivity contribution in [1.29, 1.82) is 0 Å². The molecule has 0 bridgehead atoms. The fourth-order valence-corrected chi connectivity index (χ4v) is 6.83. The maximum atomic E-state index is 8.32. The van der Waals surface area contributed by atoms with Crippen molar-refractivity contribution >= 4 is 33.0 Å². The van der Waals surface area contributed by atoms with Crippen molar-refractivity contribution in [1.82, 2.24) is 4.98 Å². The number of nitrogens with zero attached hydrogens (tertiary/aromatic N) is 2. The van der Waals surface area contributed by atoms with Crippen LogP contribution in [0.1, 0.15) is 76.6 Å². The lowest BCUT2D eigenvalue weighted by molar-refractivity contribution is -0.660. The van der Waals surface area contributed by atoms with Crippen molar-refractivity contribution in [2.24, 2.45) is 7.05 Å². The molecule has 1 aliphatic carbocycles. The Bertz CT molecular complexity index is 2240. The maximum Gasteiger partial charge on any atom is 0.227 e. The normalized spacial score (nSPS) is 18.8. The molecule has 0 spiro atoms. The summed E-state index contributed by atoms with van der Waals surface area (Å²) < 4.78 is 56.8. The molecule has 0 N–H and O–H groups in total. The average Bonchev–Trinajstić information content (AvgIpc) is 3.34. The molecule has 0 radical (unpaired) electrons. The summed E-state index contributed by atoms with van der Waals surface area (Å²) in [4.78, 5) is 5.22. The molecule has 0 unspecified atom stereocenters. The van der Waals surface area contributed by atoms with Gasteiger partial charge in [-0.1, -0.05) is 81.8 Å². The van der Waals surface area contributed by atoms with E-state index >= 15 is 0 Å². The zero-order chi connectivity index (χ0) is 33.8. The summed E-state index contributed by atoms with van der Waals surface area (Å²) in [5.74, 6) is 0. The number of aromatic nitrogens is 2. The lowest BCUT2D eigenvalue weighted by Gasteiger charge is -2.42. The molecule has 0 amide bonds. The molecule has 0 saturated heterocycles. The second-order valence-corrected chi connectivity index (χ2v) is 13.1. The van der Waals surface area contributed by atoms with Crippen LogP contribution >= 0.6 is 0 Å². The van der Waals surface area contributed by atoms with E-state index in [1.807, 2.05) is 24.6 Å². The van der Waals surface area contributed by atoms with Crippen LogP contribution in [-0.4, -0.2) is 4.98 Å². The van der Waals surface area contributed by atoms with E-state index in [1.54, 1.807) is 30.5 Å². The van der Waals surface area contributed by atoms with Crippen LogP contribution in [0.3, 0.4) is 0 Å². The van der Waals surface area contributed by atoms with Gasteiger partial charge in [0.1, 0.15) is 7.05 Å². The summed E-state index contributed by atoms with van der Waals surface area (Å²) in [5, 5.41) is 2.96. The molecular formula is C38H39N2O+. The Balaban J connectivity index is 1.48. The van der Waals surface area contributed by atoms with Gasteiger partial charge in [0.2, 0.25) is 11.4 Å². The van der Waals surface area contributed by atoms with Crippen LogP contribution in [0.25, 0.3) is 55.4 Å². The van der Waals surface area contributed by atoms with Crippen molar-refractivity contribution in [3.63, 3.8) is 0 Å². The van der Waals surface area contributed by atoms with Gasteiger partial charge in [-0.25, -0.2) is 9.55 Å². The Labute approximate surface area is 251 Å². The minimum Gasteiger partial charge on any atom is -0.437 e. The van der Waals surface area contributed by atoms with Crippen LogP contribution in [0, 0.1) is 20.6 Å². The molecule has 0 fully saturated rings. The molecule has 3 nitrogen and oxygen atoms in total. The molecule has 1 aliphatic rings. The van der Waals surface area contributed by atoms with Gasteiger partial charge in [-0.05, 0) is 78.2 Å². The van der Waals surface area contributed by atoms with Crippen molar-refractivity contribution in [3.05, 3.63) is 94.7 Å². The third kappa shape index (κ3) is 3.93. The van der Waals surface area contributed by atoms with Crippen LogP contribution in [0.15, 0.2) is 71.3 Å². The van der Waals surface area contributed by atoms with Gasteiger partial charge in [0.05, 0.1) is 11.1 Å². The van der Waals surface area contributed by atoms with Gasteiger partial charge in [0.15, 0.2) is 11.8 Å². The van der Waals surface area contributed by atoms with Gasteiger partial charge >= 0.3 is 0 Å². The lowest BCUT2D eigenvalue weighted by atomic mass is 9.62. The number of benzene rings is 3. The molecule has 41 heavy (non-hydrogen) atoms. The van der Waals surface area contributed by atoms with Crippen LogP contribution in [0.2, 0.25) is 0 Å². The van der Waals surface area contributed by atoms with Gasteiger partial charge in [0, 0.05) is 36.0 Å².